The fourth-order valence-corrected chi connectivity index (χ4v) is 3.85. The molecule has 0 bridgehead atoms. The van der Waals surface area contributed by atoms with Crippen molar-refractivity contribution >= 4 is 5.91 Å². The van der Waals surface area contributed by atoms with Gasteiger partial charge in [0.2, 0.25) is 5.89 Å². The Hall–Kier alpha value is -3.03. The van der Waals surface area contributed by atoms with E-state index in [1.165, 1.54) is 6.33 Å². The SMILES string of the molecule is Cc1cc(-n2cncn2)ccc1C(=O)N1CCCCC1c1noc(C2CC2)n1. The van der Waals surface area contributed by atoms with Crippen LogP contribution in [0.5, 0.6) is 0 Å². The third-order valence-corrected chi connectivity index (χ3v) is 5.57. The lowest BCUT2D eigenvalue weighted by Crippen LogP contribution is -2.39. The van der Waals surface area contributed by atoms with Gasteiger partial charge in [0.15, 0.2) is 5.82 Å². The summed E-state index contributed by atoms with van der Waals surface area (Å²) in [6.45, 7) is 2.66. The molecule has 1 unspecified atom stereocenters. The quantitative estimate of drug-likeness (QED) is 0.692. The van der Waals surface area contributed by atoms with Crippen LogP contribution in [-0.2, 0) is 0 Å². The normalized spacial score (nSPS) is 19.8. The summed E-state index contributed by atoms with van der Waals surface area (Å²) in [4.78, 5) is 23.8. The molecule has 1 aliphatic heterocycles. The molecule has 1 aliphatic carbocycles. The molecule has 2 aliphatic rings. The third kappa shape index (κ3) is 3.08. The Morgan fingerprint density at radius 3 is 2.86 bits per heavy atom. The van der Waals surface area contributed by atoms with Gasteiger partial charge in [0.25, 0.3) is 5.91 Å². The smallest absolute Gasteiger partial charge is 0.254 e. The zero-order valence-corrected chi connectivity index (χ0v) is 15.8. The van der Waals surface area contributed by atoms with E-state index >= 15 is 0 Å². The van der Waals surface area contributed by atoms with Gasteiger partial charge in [0, 0.05) is 18.0 Å². The van der Waals surface area contributed by atoms with Crippen LogP contribution in [0, 0.1) is 6.92 Å². The number of hydrogen-bond donors (Lipinski definition) is 0. The Balaban J connectivity index is 1.42. The molecule has 1 saturated carbocycles. The van der Waals surface area contributed by atoms with Gasteiger partial charge in [0.1, 0.15) is 12.7 Å². The summed E-state index contributed by atoms with van der Waals surface area (Å²) in [5.74, 6) is 1.80. The summed E-state index contributed by atoms with van der Waals surface area (Å²) in [7, 11) is 0. The van der Waals surface area contributed by atoms with E-state index in [9.17, 15) is 4.79 Å². The molecule has 5 rings (SSSR count). The molecule has 1 atom stereocenters. The van der Waals surface area contributed by atoms with Crippen molar-refractivity contribution in [3.63, 3.8) is 0 Å². The minimum absolute atomic E-state index is 0.0186. The molecule has 2 fully saturated rings. The molecule has 1 amide bonds. The van der Waals surface area contributed by atoms with Crippen molar-refractivity contribution in [3.05, 3.63) is 53.7 Å². The first-order valence-electron chi connectivity index (χ1n) is 9.81. The van der Waals surface area contributed by atoms with E-state index in [2.05, 4.69) is 20.2 Å². The number of piperidine rings is 1. The standard InChI is InChI=1S/C20H22N6O2/c1-13-10-15(26-12-21-11-22-26)7-8-16(13)20(27)25-9-3-2-4-17(25)18-23-19(28-24-18)14-5-6-14/h7-8,10-12,14,17H,2-6,9H2,1H3. The summed E-state index contributed by atoms with van der Waals surface area (Å²) >= 11 is 0. The lowest BCUT2D eigenvalue weighted by molar-refractivity contribution is 0.0596. The highest BCUT2D eigenvalue weighted by Gasteiger charge is 2.35. The summed E-state index contributed by atoms with van der Waals surface area (Å²) in [5, 5.41) is 8.35. The second-order valence-corrected chi connectivity index (χ2v) is 7.61. The summed E-state index contributed by atoms with van der Waals surface area (Å²) < 4.78 is 7.13. The van der Waals surface area contributed by atoms with E-state index < -0.39 is 0 Å². The van der Waals surface area contributed by atoms with Crippen LogP contribution in [0.15, 0.2) is 35.4 Å². The van der Waals surface area contributed by atoms with Crippen molar-refractivity contribution in [2.24, 2.45) is 0 Å². The number of carbonyl (C=O) groups excluding carboxylic acids is 1. The molecular formula is C20H22N6O2. The predicted molar refractivity (Wildman–Crippen MR) is 100.0 cm³/mol. The van der Waals surface area contributed by atoms with Crippen LogP contribution in [0.1, 0.15) is 71.7 Å². The number of amides is 1. The maximum atomic E-state index is 13.4. The first-order valence-corrected chi connectivity index (χ1v) is 9.81. The van der Waals surface area contributed by atoms with Gasteiger partial charge in [-0.25, -0.2) is 9.67 Å². The first-order chi connectivity index (χ1) is 13.7. The summed E-state index contributed by atoms with van der Waals surface area (Å²) in [6, 6.07) is 5.60. The number of carbonyl (C=O) groups is 1. The van der Waals surface area contributed by atoms with Crippen LogP contribution in [-0.4, -0.2) is 42.3 Å². The van der Waals surface area contributed by atoms with Crippen molar-refractivity contribution in [2.45, 2.75) is 51.0 Å². The van der Waals surface area contributed by atoms with Crippen molar-refractivity contribution < 1.29 is 9.32 Å². The lowest BCUT2D eigenvalue weighted by atomic mass is 9.98. The van der Waals surface area contributed by atoms with E-state index in [1.807, 2.05) is 30.0 Å². The van der Waals surface area contributed by atoms with E-state index in [1.54, 1.807) is 11.0 Å². The van der Waals surface area contributed by atoms with Crippen molar-refractivity contribution in [1.82, 2.24) is 29.8 Å². The third-order valence-electron chi connectivity index (χ3n) is 5.57. The number of rotatable bonds is 4. The Labute approximate surface area is 162 Å². The molecule has 3 heterocycles. The molecule has 0 radical (unpaired) electrons. The average Bonchev–Trinajstić information content (AvgIpc) is 3.21. The van der Waals surface area contributed by atoms with Crippen LogP contribution in [0.2, 0.25) is 0 Å². The molecule has 3 aromatic rings. The molecule has 8 nitrogen and oxygen atoms in total. The molecule has 0 spiro atoms. The van der Waals surface area contributed by atoms with Gasteiger partial charge < -0.3 is 9.42 Å². The van der Waals surface area contributed by atoms with E-state index in [0.717, 1.165) is 49.2 Å². The minimum Gasteiger partial charge on any atom is -0.339 e. The van der Waals surface area contributed by atoms with E-state index in [-0.39, 0.29) is 11.9 Å². The van der Waals surface area contributed by atoms with E-state index in [4.69, 9.17) is 4.52 Å². The summed E-state index contributed by atoms with van der Waals surface area (Å²) in [5.41, 5.74) is 2.49. The maximum absolute atomic E-state index is 13.4. The molecule has 1 aromatic carbocycles. The Morgan fingerprint density at radius 2 is 2.11 bits per heavy atom. The largest absolute Gasteiger partial charge is 0.339 e. The van der Waals surface area contributed by atoms with Gasteiger partial charge >= 0.3 is 0 Å². The van der Waals surface area contributed by atoms with Crippen molar-refractivity contribution in [2.75, 3.05) is 6.54 Å². The fourth-order valence-electron chi connectivity index (χ4n) is 3.85. The Bertz CT molecular complexity index is 992. The molecule has 0 N–H and O–H groups in total. The average molecular weight is 378 g/mol. The fraction of sp³-hybridized carbons (Fsp3) is 0.450. The molecule has 28 heavy (non-hydrogen) atoms. The number of aryl methyl sites for hydroxylation is 1. The topological polar surface area (TPSA) is 89.9 Å². The minimum atomic E-state index is -0.119. The van der Waals surface area contributed by atoms with Gasteiger partial charge in [-0.1, -0.05) is 5.16 Å². The van der Waals surface area contributed by atoms with Gasteiger partial charge in [-0.15, -0.1) is 0 Å². The highest BCUT2D eigenvalue weighted by Crippen LogP contribution is 2.40. The summed E-state index contributed by atoms with van der Waals surface area (Å²) in [6.07, 6.45) is 8.29. The molecule has 144 valence electrons. The van der Waals surface area contributed by atoms with Crippen LogP contribution >= 0.6 is 0 Å². The van der Waals surface area contributed by atoms with Gasteiger partial charge in [-0.2, -0.15) is 10.1 Å². The van der Waals surface area contributed by atoms with Gasteiger partial charge in [-0.3, -0.25) is 4.79 Å². The van der Waals surface area contributed by atoms with Crippen molar-refractivity contribution in [1.29, 1.82) is 0 Å². The first kappa shape index (κ1) is 17.1. The number of hydrogen-bond acceptors (Lipinski definition) is 6. The second-order valence-electron chi connectivity index (χ2n) is 7.61. The van der Waals surface area contributed by atoms with Crippen LogP contribution in [0.3, 0.4) is 0 Å². The highest BCUT2D eigenvalue weighted by molar-refractivity contribution is 5.96. The zero-order chi connectivity index (χ0) is 19.1. The Morgan fingerprint density at radius 1 is 1.21 bits per heavy atom. The van der Waals surface area contributed by atoms with Crippen LogP contribution < -0.4 is 0 Å². The molecule has 1 saturated heterocycles. The zero-order valence-electron chi connectivity index (χ0n) is 15.8. The van der Waals surface area contributed by atoms with Crippen LogP contribution in [0.25, 0.3) is 5.69 Å². The van der Waals surface area contributed by atoms with Crippen LogP contribution in [0.4, 0.5) is 0 Å². The molecule has 2 aromatic heterocycles. The Kier molecular flexibility index (Phi) is 4.18. The monoisotopic (exact) mass is 378 g/mol. The maximum Gasteiger partial charge on any atom is 0.254 e. The second kappa shape index (κ2) is 6.85. The van der Waals surface area contributed by atoms with Gasteiger partial charge in [0.05, 0.1) is 11.7 Å². The van der Waals surface area contributed by atoms with Crippen molar-refractivity contribution in [3.8, 4) is 5.69 Å². The number of likely N-dealkylation sites (tertiary alicyclic amines) is 1. The highest BCUT2D eigenvalue weighted by atomic mass is 16.5. The molecular weight excluding hydrogens is 356 g/mol. The number of aromatic nitrogens is 5. The lowest BCUT2D eigenvalue weighted by Gasteiger charge is -2.34. The van der Waals surface area contributed by atoms with E-state index in [0.29, 0.717) is 23.9 Å². The number of nitrogens with zero attached hydrogens (tertiary/aromatic N) is 6. The predicted octanol–water partition coefficient (Wildman–Crippen LogP) is 3.20. The molecule has 8 heteroatoms. The van der Waals surface area contributed by atoms with Gasteiger partial charge in [-0.05, 0) is 62.8 Å². The number of benzene rings is 1.